The average Bonchev–Trinajstić information content (AvgIpc) is 3.47. The highest BCUT2D eigenvalue weighted by Gasteiger charge is 2.34. The van der Waals surface area contributed by atoms with Crippen molar-refractivity contribution in [1.29, 1.82) is 5.41 Å². The van der Waals surface area contributed by atoms with Crippen molar-refractivity contribution in [3.05, 3.63) is 125 Å². The molecule has 2 atom stereocenters. The van der Waals surface area contributed by atoms with E-state index in [0.29, 0.717) is 16.7 Å². The molecule has 3 heterocycles. The summed E-state index contributed by atoms with van der Waals surface area (Å²) < 4.78 is 0. The maximum Gasteiger partial charge on any atom is 0.259 e. The molecule has 14 nitrogen and oxygen atoms in total. The monoisotopic (exact) mass is 815 g/mol. The molecule has 0 radical (unpaired) electrons. The zero-order valence-electron chi connectivity index (χ0n) is 35.7. The molecule has 3 aliphatic rings. The second-order valence-electron chi connectivity index (χ2n) is 16.0. The van der Waals surface area contributed by atoms with Crippen LogP contribution in [-0.2, 0) is 9.59 Å². The predicted octanol–water partition coefficient (Wildman–Crippen LogP) is 4.09. The van der Waals surface area contributed by atoms with E-state index in [-0.39, 0.29) is 47.3 Å². The summed E-state index contributed by atoms with van der Waals surface area (Å²) in [6, 6.07) is 30.1. The lowest BCUT2D eigenvalue weighted by Gasteiger charge is -2.40. The molecule has 0 spiro atoms. The molecule has 7 rings (SSSR count). The van der Waals surface area contributed by atoms with Gasteiger partial charge in [-0.25, -0.2) is 0 Å². The van der Waals surface area contributed by atoms with Crippen molar-refractivity contribution in [2.75, 3.05) is 111 Å². The Labute approximate surface area is 353 Å². The van der Waals surface area contributed by atoms with Gasteiger partial charge in [0.15, 0.2) is 0 Å². The molecule has 2 unspecified atom stereocenters. The first kappa shape index (κ1) is 43.3. The lowest BCUT2D eigenvalue weighted by molar-refractivity contribution is -0.135. The number of benzene rings is 4. The Balaban J connectivity index is 0.000000201. The van der Waals surface area contributed by atoms with Crippen LogP contribution in [-0.4, -0.2) is 166 Å². The largest absolute Gasteiger partial charge is 0.507 e. The Hall–Kier alpha value is -6.25. The number of hydrogen-bond acceptors (Lipinski definition) is 10. The third-order valence-corrected chi connectivity index (χ3v) is 11.4. The molecule has 0 saturated carbocycles. The van der Waals surface area contributed by atoms with Gasteiger partial charge in [0.1, 0.15) is 23.7 Å². The highest BCUT2D eigenvalue weighted by atomic mass is 16.3. The van der Waals surface area contributed by atoms with Gasteiger partial charge in [0.2, 0.25) is 11.8 Å². The highest BCUT2D eigenvalue weighted by molar-refractivity contribution is 6.22. The molecule has 0 aromatic heterocycles. The number of fused-ring (bicyclic) bond motifs is 1. The van der Waals surface area contributed by atoms with Gasteiger partial charge in [0.05, 0.1) is 11.1 Å². The van der Waals surface area contributed by atoms with Gasteiger partial charge in [-0.1, -0.05) is 60.7 Å². The minimum atomic E-state index is -0.311. The zero-order chi connectivity index (χ0) is 43.2. The van der Waals surface area contributed by atoms with E-state index in [1.54, 1.807) is 71.3 Å². The first-order chi connectivity index (χ1) is 28.7. The zero-order valence-corrected chi connectivity index (χ0v) is 35.7. The van der Waals surface area contributed by atoms with Crippen LogP contribution in [0.15, 0.2) is 97.1 Å². The van der Waals surface area contributed by atoms with Crippen LogP contribution in [0.4, 0.5) is 11.4 Å². The van der Waals surface area contributed by atoms with Crippen LogP contribution >= 0.6 is 0 Å². The van der Waals surface area contributed by atoms with E-state index in [0.717, 1.165) is 74.9 Å². The van der Waals surface area contributed by atoms with E-state index in [9.17, 15) is 24.3 Å². The highest BCUT2D eigenvalue weighted by Crippen LogP contribution is 2.31. The lowest BCUT2D eigenvalue weighted by Crippen LogP contribution is -2.51. The smallest absolute Gasteiger partial charge is 0.259 e. The first-order valence-corrected chi connectivity index (χ1v) is 20.2. The molecule has 0 bridgehead atoms. The molecule has 2 N–H and O–H groups in total. The van der Waals surface area contributed by atoms with Crippen molar-refractivity contribution in [1.82, 2.24) is 29.4 Å². The molecule has 3 aliphatic heterocycles. The molecule has 4 aromatic carbocycles. The molecule has 2 fully saturated rings. The van der Waals surface area contributed by atoms with Gasteiger partial charge >= 0.3 is 0 Å². The third-order valence-electron chi connectivity index (χ3n) is 11.4. The first-order valence-electron chi connectivity index (χ1n) is 20.2. The number of carbonyl (C=O) groups is 4. The van der Waals surface area contributed by atoms with Gasteiger partial charge < -0.3 is 29.6 Å². The van der Waals surface area contributed by atoms with Crippen molar-refractivity contribution in [3.63, 3.8) is 0 Å². The van der Waals surface area contributed by atoms with Crippen molar-refractivity contribution < 1.29 is 24.3 Å². The fourth-order valence-electron chi connectivity index (χ4n) is 7.96. The number of rotatable bonds is 9. The van der Waals surface area contributed by atoms with Crippen LogP contribution in [0.25, 0.3) is 0 Å². The lowest BCUT2D eigenvalue weighted by atomic mass is 10.0. The van der Waals surface area contributed by atoms with Crippen molar-refractivity contribution >= 4 is 40.8 Å². The van der Waals surface area contributed by atoms with E-state index in [1.165, 1.54) is 9.80 Å². The number of carbonyl (C=O) groups excluding carboxylic acids is 4. The summed E-state index contributed by atoms with van der Waals surface area (Å²) in [7, 11) is 12.1. The number of likely N-dealkylation sites (N-methyl/N-ethyl adjacent to an activating group) is 2. The summed E-state index contributed by atoms with van der Waals surface area (Å²) in [5.41, 5.74) is 5.46. The number of nitrogens with zero attached hydrogens (tertiary/aromatic N) is 8. The molecule has 316 valence electrons. The predicted molar refractivity (Wildman–Crippen MR) is 235 cm³/mol. The summed E-state index contributed by atoms with van der Waals surface area (Å²) in [6.07, 6.45) is 0. The van der Waals surface area contributed by atoms with Crippen LogP contribution < -0.4 is 9.80 Å². The van der Waals surface area contributed by atoms with Crippen molar-refractivity contribution in [3.8, 4) is 5.75 Å². The fourth-order valence-corrected chi connectivity index (χ4v) is 7.96. The minimum Gasteiger partial charge on any atom is -0.507 e. The number of phenolic OH excluding ortho intramolecular Hbond substituents is 1. The third kappa shape index (κ3) is 9.29. The number of nitrogens with one attached hydrogen (secondary N) is 1. The Morgan fingerprint density at radius 2 is 1.02 bits per heavy atom. The molecule has 0 aliphatic carbocycles. The molecule has 60 heavy (non-hydrogen) atoms. The maximum atomic E-state index is 12.9. The van der Waals surface area contributed by atoms with Gasteiger partial charge in [0, 0.05) is 119 Å². The summed E-state index contributed by atoms with van der Waals surface area (Å²) in [4.78, 5) is 65.6. The standard InChI is InChI=1S/C23H27N5O2.C23H30N4O3/c1-25(2)23(30)20(16-7-5-4-6-8-16)28-13-11-27(12-14-28)17-9-10-18-19(15-17)22(29)26(3)21(18)24;1-24(2)22(29)19-16-18(10-11-20(19)28)26-12-14-27(15-13-26)21(23(30)25(3)4)17-8-6-5-7-9-17/h4-10,15,20,24H,11-14H2,1-3H3;5-11,16,21,28H,12-15H2,1-4H3. The fraction of sp³-hybridized carbons (Fsp3) is 0.370. The number of amides is 4. The van der Waals surface area contributed by atoms with Crippen LogP contribution in [0.1, 0.15) is 49.5 Å². The van der Waals surface area contributed by atoms with E-state index in [2.05, 4.69) is 19.6 Å². The number of anilines is 2. The van der Waals surface area contributed by atoms with Crippen LogP contribution in [0.3, 0.4) is 0 Å². The summed E-state index contributed by atoms with van der Waals surface area (Å²) >= 11 is 0. The maximum absolute atomic E-state index is 12.9. The number of phenols is 1. The molecular weight excluding hydrogens is 759 g/mol. The summed E-state index contributed by atoms with van der Waals surface area (Å²) in [5.74, 6) is 0.0264. The van der Waals surface area contributed by atoms with Gasteiger partial charge in [-0.3, -0.25) is 39.3 Å². The number of amidine groups is 1. The molecule has 4 aromatic rings. The van der Waals surface area contributed by atoms with Crippen molar-refractivity contribution in [2.45, 2.75) is 12.1 Å². The van der Waals surface area contributed by atoms with Gasteiger partial charge in [-0.15, -0.1) is 0 Å². The topological polar surface area (TPSA) is 138 Å². The summed E-state index contributed by atoms with van der Waals surface area (Å²) in [5, 5.41) is 18.2. The number of hydrogen-bond donors (Lipinski definition) is 2. The quantitative estimate of drug-likeness (QED) is 0.256. The number of piperazine rings is 2. The van der Waals surface area contributed by atoms with Gasteiger partial charge in [0.25, 0.3) is 11.8 Å². The molecular formula is C46H57N9O5. The van der Waals surface area contributed by atoms with Crippen LogP contribution in [0.2, 0.25) is 0 Å². The Morgan fingerprint density at radius 3 is 1.45 bits per heavy atom. The normalized spacial score (nSPS) is 16.7. The van der Waals surface area contributed by atoms with E-state index in [4.69, 9.17) is 5.41 Å². The molecule has 2 saturated heterocycles. The van der Waals surface area contributed by atoms with Crippen LogP contribution in [0, 0.1) is 5.41 Å². The Kier molecular flexibility index (Phi) is 13.6. The second kappa shape index (κ2) is 18.8. The minimum absolute atomic E-state index is 0.0168. The number of aromatic hydroxyl groups is 1. The van der Waals surface area contributed by atoms with Crippen LogP contribution in [0.5, 0.6) is 5.75 Å². The van der Waals surface area contributed by atoms with Gasteiger partial charge in [-0.05, 0) is 47.5 Å². The SMILES string of the molecule is CN(C)C(=O)C(c1ccccc1)N1CCN(c2ccc3c(c2)C(=O)N(C)C3=N)CC1.CN(C)C(=O)c1cc(N2CCN(C(C(=O)N(C)C)c3ccccc3)CC2)ccc1O. The second-order valence-corrected chi connectivity index (χ2v) is 16.0. The van der Waals surface area contributed by atoms with E-state index in [1.807, 2.05) is 84.9 Å². The Bertz CT molecular complexity index is 2180. The van der Waals surface area contributed by atoms with E-state index >= 15 is 0 Å². The average molecular weight is 816 g/mol. The Morgan fingerprint density at radius 1 is 0.583 bits per heavy atom. The summed E-state index contributed by atoms with van der Waals surface area (Å²) in [6.45, 7) is 5.93. The van der Waals surface area contributed by atoms with E-state index < -0.39 is 0 Å². The van der Waals surface area contributed by atoms with Crippen molar-refractivity contribution in [2.24, 2.45) is 0 Å². The van der Waals surface area contributed by atoms with Gasteiger partial charge in [-0.2, -0.15) is 0 Å². The molecule has 14 heteroatoms. The molecule has 4 amide bonds.